The lowest BCUT2D eigenvalue weighted by atomic mass is 9.91. The molecule has 0 radical (unpaired) electrons. The maximum atomic E-state index is 13.9. The van der Waals surface area contributed by atoms with Crippen molar-refractivity contribution in [1.29, 1.82) is 0 Å². The summed E-state index contributed by atoms with van der Waals surface area (Å²) in [5.41, 5.74) is 2.32. The Morgan fingerprint density at radius 1 is 0.829 bits per heavy atom. The maximum absolute atomic E-state index is 13.9. The molecule has 0 bridgehead atoms. The van der Waals surface area contributed by atoms with E-state index in [0.717, 1.165) is 69.3 Å². The Kier molecular flexibility index (Phi) is 8.07. The fraction of sp³-hybridized carbons (Fsp3) is 0.621. The van der Waals surface area contributed by atoms with Gasteiger partial charge >= 0.3 is 0 Å². The van der Waals surface area contributed by atoms with Gasteiger partial charge in [-0.25, -0.2) is 9.37 Å². The van der Waals surface area contributed by atoms with Crippen LogP contribution in [-0.4, -0.2) is 55.0 Å². The minimum atomic E-state index is -0.153. The third kappa shape index (κ3) is 5.74. The molecule has 3 saturated heterocycles. The van der Waals surface area contributed by atoms with Crippen LogP contribution in [0.3, 0.4) is 0 Å². The highest BCUT2D eigenvalue weighted by Gasteiger charge is 2.41. The molecule has 2 aromatic rings. The number of halogens is 1. The minimum absolute atomic E-state index is 0.153. The summed E-state index contributed by atoms with van der Waals surface area (Å²) in [4.78, 5) is 12.3. The second-order valence-corrected chi connectivity index (χ2v) is 10.7. The molecule has 0 saturated carbocycles. The van der Waals surface area contributed by atoms with Crippen LogP contribution in [0.2, 0.25) is 0 Å². The van der Waals surface area contributed by atoms with Gasteiger partial charge in [-0.1, -0.05) is 31.7 Å². The Balaban J connectivity index is 1.19. The molecule has 6 heteroatoms. The van der Waals surface area contributed by atoms with Gasteiger partial charge in [0.05, 0.1) is 12.1 Å². The van der Waals surface area contributed by atoms with Crippen molar-refractivity contribution in [3.05, 3.63) is 48.4 Å². The van der Waals surface area contributed by atoms with Gasteiger partial charge in [0.2, 0.25) is 0 Å². The van der Waals surface area contributed by atoms with Crippen LogP contribution in [0.15, 0.2) is 42.6 Å². The predicted octanol–water partition coefficient (Wildman–Crippen LogP) is 5.63. The molecule has 1 aromatic carbocycles. The normalized spacial score (nSPS) is 23.1. The molecule has 5 nitrogen and oxygen atoms in total. The van der Waals surface area contributed by atoms with Crippen molar-refractivity contribution >= 4 is 17.2 Å². The van der Waals surface area contributed by atoms with E-state index in [1.54, 1.807) is 6.07 Å². The average molecular weight is 481 g/mol. The molecule has 3 aliphatic rings. The minimum Gasteiger partial charge on any atom is -0.396 e. The molecule has 2 atom stereocenters. The average Bonchev–Trinajstić information content (AvgIpc) is 3.33. The monoisotopic (exact) mass is 480 g/mol. The van der Waals surface area contributed by atoms with Crippen molar-refractivity contribution in [1.82, 2.24) is 4.98 Å². The number of pyridine rings is 1. The van der Waals surface area contributed by atoms with Gasteiger partial charge in [0, 0.05) is 56.4 Å². The molecule has 0 amide bonds. The SMILES string of the molecule is OCCCCCCC1CCN(c2ccnc(N3CC[C@@H]4[C@H]3CCCN4c3cccc(F)c3)c2)CC1. The van der Waals surface area contributed by atoms with Crippen molar-refractivity contribution in [2.75, 3.05) is 47.5 Å². The summed E-state index contributed by atoms with van der Waals surface area (Å²) in [6.07, 6.45) is 13.9. The largest absolute Gasteiger partial charge is 0.396 e. The quantitative estimate of drug-likeness (QED) is 0.472. The van der Waals surface area contributed by atoms with E-state index in [1.807, 2.05) is 18.3 Å². The van der Waals surface area contributed by atoms with E-state index >= 15 is 0 Å². The van der Waals surface area contributed by atoms with E-state index in [-0.39, 0.29) is 5.82 Å². The summed E-state index contributed by atoms with van der Waals surface area (Å²) in [6.45, 7) is 4.60. The summed E-state index contributed by atoms with van der Waals surface area (Å²) in [5.74, 6) is 1.79. The lowest BCUT2D eigenvalue weighted by Gasteiger charge is -2.41. The first-order valence-corrected chi connectivity index (χ1v) is 13.8. The molecule has 1 aromatic heterocycles. The summed E-state index contributed by atoms with van der Waals surface area (Å²) >= 11 is 0. The standard InChI is InChI=1S/C29H41FN4O/c30-24-8-5-9-26(21-24)33-16-6-10-27-28(33)14-19-34(27)29-22-25(11-15-31-29)32-17-12-23(13-18-32)7-3-1-2-4-20-35/h5,8-9,11,15,21-23,27-28,35H,1-4,6-7,10,12-14,16-20H2/t27-,28-/m1/s1. The number of hydrogen-bond acceptors (Lipinski definition) is 5. The van der Waals surface area contributed by atoms with E-state index in [9.17, 15) is 4.39 Å². The fourth-order valence-corrected chi connectivity index (χ4v) is 6.59. The second kappa shape index (κ2) is 11.6. The first-order valence-electron chi connectivity index (χ1n) is 13.8. The Labute approximate surface area is 209 Å². The summed E-state index contributed by atoms with van der Waals surface area (Å²) < 4.78 is 13.9. The number of nitrogens with zero attached hydrogens (tertiary/aromatic N) is 4. The van der Waals surface area contributed by atoms with Crippen LogP contribution in [-0.2, 0) is 0 Å². The summed E-state index contributed by atoms with van der Waals surface area (Å²) in [5, 5.41) is 8.94. The van der Waals surface area contributed by atoms with Crippen LogP contribution in [0, 0.1) is 11.7 Å². The zero-order valence-electron chi connectivity index (χ0n) is 21.0. The Hall–Kier alpha value is -2.34. The number of aromatic nitrogens is 1. The number of piperidine rings is 2. The van der Waals surface area contributed by atoms with Crippen molar-refractivity contribution in [3.8, 4) is 0 Å². The van der Waals surface area contributed by atoms with Crippen molar-refractivity contribution in [3.63, 3.8) is 0 Å². The van der Waals surface area contributed by atoms with Crippen LogP contribution < -0.4 is 14.7 Å². The zero-order chi connectivity index (χ0) is 24.0. The highest BCUT2D eigenvalue weighted by Crippen LogP contribution is 2.37. The number of benzene rings is 1. The molecule has 0 spiro atoms. The predicted molar refractivity (Wildman–Crippen MR) is 142 cm³/mol. The van der Waals surface area contributed by atoms with Crippen LogP contribution in [0.4, 0.5) is 21.6 Å². The summed E-state index contributed by atoms with van der Waals surface area (Å²) in [6, 6.07) is 12.4. The van der Waals surface area contributed by atoms with Crippen molar-refractivity contribution in [2.45, 2.75) is 76.3 Å². The number of aliphatic hydroxyl groups is 1. The Morgan fingerprint density at radius 2 is 1.66 bits per heavy atom. The number of anilines is 3. The second-order valence-electron chi connectivity index (χ2n) is 10.7. The fourth-order valence-electron chi connectivity index (χ4n) is 6.59. The number of fused-ring (bicyclic) bond motifs is 1. The first-order chi connectivity index (χ1) is 17.2. The Bertz CT molecular complexity index is 948. The molecule has 5 rings (SSSR count). The number of hydrogen-bond donors (Lipinski definition) is 1. The molecular weight excluding hydrogens is 439 g/mol. The number of rotatable bonds is 9. The van der Waals surface area contributed by atoms with Crippen molar-refractivity contribution in [2.24, 2.45) is 5.92 Å². The van der Waals surface area contributed by atoms with E-state index in [2.05, 4.69) is 26.8 Å². The zero-order valence-corrected chi connectivity index (χ0v) is 21.0. The van der Waals surface area contributed by atoms with E-state index in [0.29, 0.717) is 18.7 Å². The van der Waals surface area contributed by atoms with E-state index < -0.39 is 0 Å². The van der Waals surface area contributed by atoms with Crippen LogP contribution in [0.1, 0.15) is 64.2 Å². The molecule has 1 N–H and O–H groups in total. The topological polar surface area (TPSA) is 42.8 Å². The van der Waals surface area contributed by atoms with Gasteiger partial charge in [0.15, 0.2) is 0 Å². The molecule has 0 unspecified atom stereocenters. The Morgan fingerprint density at radius 3 is 2.49 bits per heavy atom. The molecule has 3 fully saturated rings. The lowest BCUT2D eigenvalue weighted by Crippen LogP contribution is -2.50. The van der Waals surface area contributed by atoms with Gasteiger partial charge in [-0.2, -0.15) is 0 Å². The molecule has 4 heterocycles. The maximum Gasteiger partial charge on any atom is 0.130 e. The van der Waals surface area contributed by atoms with Gasteiger partial charge in [0.25, 0.3) is 0 Å². The third-order valence-electron chi connectivity index (χ3n) is 8.47. The van der Waals surface area contributed by atoms with E-state index in [1.165, 1.54) is 50.3 Å². The highest BCUT2D eigenvalue weighted by molar-refractivity contribution is 5.58. The molecule has 3 aliphatic heterocycles. The molecule has 0 aliphatic carbocycles. The molecular formula is C29H41FN4O. The lowest BCUT2D eigenvalue weighted by molar-refractivity contribution is 0.280. The van der Waals surface area contributed by atoms with Gasteiger partial charge in [-0.15, -0.1) is 0 Å². The van der Waals surface area contributed by atoms with Crippen molar-refractivity contribution < 1.29 is 9.50 Å². The summed E-state index contributed by atoms with van der Waals surface area (Å²) in [7, 11) is 0. The van der Waals surface area contributed by atoms with Crippen LogP contribution in [0.5, 0.6) is 0 Å². The van der Waals surface area contributed by atoms with Gasteiger partial charge in [-0.05, 0) is 68.7 Å². The van der Waals surface area contributed by atoms with Gasteiger partial charge in [-0.3, -0.25) is 0 Å². The molecule has 190 valence electrons. The number of unbranched alkanes of at least 4 members (excludes halogenated alkanes) is 3. The van der Waals surface area contributed by atoms with Crippen LogP contribution >= 0.6 is 0 Å². The van der Waals surface area contributed by atoms with Gasteiger partial charge in [0.1, 0.15) is 11.6 Å². The van der Waals surface area contributed by atoms with Crippen LogP contribution in [0.25, 0.3) is 0 Å². The van der Waals surface area contributed by atoms with E-state index in [4.69, 9.17) is 10.1 Å². The molecule has 35 heavy (non-hydrogen) atoms. The highest BCUT2D eigenvalue weighted by atomic mass is 19.1. The van der Waals surface area contributed by atoms with Gasteiger partial charge < -0.3 is 19.8 Å². The number of aliphatic hydroxyl groups excluding tert-OH is 1. The third-order valence-corrected chi connectivity index (χ3v) is 8.47. The smallest absolute Gasteiger partial charge is 0.130 e. The first kappa shape index (κ1) is 24.4.